The molecule has 0 aliphatic heterocycles. The number of ether oxygens (including phenoxy) is 1. The van der Waals surface area contributed by atoms with Crippen molar-refractivity contribution in [3.63, 3.8) is 0 Å². The summed E-state index contributed by atoms with van der Waals surface area (Å²) in [6.07, 6.45) is 0. The number of hydrogen-bond acceptors (Lipinski definition) is 3. The number of rotatable bonds is 7. The zero-order valence-corrected chi connectivity index (χ0v) is 21.4. The van der Waals surface area contributed by atoms with E-state index in [1.54, 1.807) is 7.11 Å². The van der Waals surface area contributed by atoms with Crippen molar-refractivity contribution >= 4 is 28.2 Å². The van der Waals surface area contributed by atoms with Crippen LogP contribution in [0.1, 0.15) is 40.8 Å². The first-order valence-corrected chi connectivity index (χ1v) is 12.1. The normalized spacial score (nSPS) is 11.8. The molecule has 0 spiro atoms. The summed E-state index contributed by atoms with van der Waals surface area (Å²) in [5.74, 6) is 0.801. The molecule has 0 fully saturated rings. The van der Waals surface area contributed by atoms with Crippen molar-refractivity contribution in [1.29, 1.82) is 0 Å². The van der Waals surface area contributed by atoms with Crippen LogP contribution in [0, 0.1) is 13.8 Å². The lowest BCUT2D eigenvalue weighted by Gasteiger charge is -2.28. The van der Waals surface area contributed by atoms with E-state index >= 15 is 0 Å². The van der Waals surface area contributed by atoms with Crippen LogP contribution in [-0.2, 0) is 13.1 Å². The molecule has 0 unspecified atom stereocenters. The lowest BCUT2D eigenvalue weighted by Crippen LogP contribution is -2.41. The smallest absolute Gasteiger partial charge is 0.253 e. The zero-order valence-electron chi connectivity index (χ0n) is 20.6. The van der Waals surface area contributed by atoms with Gasteiger partial charge in [-0.25, -0.2) is 0 Å². The number of nitrogens with one attached hydrogen (secondary N) is 2. The molecular weight excluding hydrogens is 454 g/mol. The molecule has 6 heteroatoms. The van der Waals surface area contributed by atoms with Gasteiger partial charge >= 0.3 is 0 Å². The van der Waals surface area contributed by atoms with E-state index in [1.807, 2.05) is 60.4 Å². The highest BCUT2D eigenvalue weighted by atomic mass is 32.1. The first kappa shape index (κ1) is 24.5. The van der Waals surface area contributed by atoms with E-state index in [1.165, 1.54) is 0 Å². The van der Waals surface area contributed by atoms with Crippen molar-refractivity contribution in [1.82, 2.24) is 15.2 Å². The number of aryl methyl sites for hydroxylation is 2. The van der Waals surface area contributed by atoms with E-state index in [4.69, 9.17) is 17.0 Å². The van der Waals surface area contributed by atoms with Gasteiger partial charge in [-0.1, -0.05) is 54.6 Å². The number of hydrogen-bond donors (Lipinski definition) is 2. The fourth-order valence-electron chi connectivity index (χ4n) is 4.15. The molecule has 0 saturated heterocycles. The monoisotopic (exact) mass is 485 g/mol. The van der Waals surface area contributed by atoms with Crippen molar-refractivity contribution in [2.24, 2.45) is 0 Å². The topological polar surface area (TPSA) is 57.4 Å². The molecule has 0 bridgehead atoms. The van der Waals surface area contributed by atoms with Crippen LogP contribution in [0.25, 0.3) is 10.9 Å². The summed E-state index contributed by atoms with van der Waals surface area (Å²) < 4.78 is 5.30. The Balaban J connectivity index is 1.64. The average molecular weight is 486 g/mol. The third-order valence-corrected chi connectivity index (χ3v) is 6.82. The Morgan fingerprint density at radius 3 is 2.43 bits per heavy atom. The quantitative estimate of drug-likeness (QED) is 0.325. The van der Waals surface area contributed by atoms with Gasteiger partial charge in [0.2, 0.25) is 0 Å². The predicted molar refractivity (Wildman–Crippen MR) is 147 cm³/mol. The summed E-state index contributed by atoms with van der Waals surface area (Å²) in [6, 6.07) is 24.2. The maximum absolute atomic E-state index is 13.1. The largest absolute Gasteiger partial charge is 0.497 e. The van der Waals surface area contributed by atoms with E-state index in [9.17, 15) is 4.79 Å². The number of pyridine rings is 1. The van der Waals surface area contributed by atoms with Gasteiger partial charge in [-0.3, -0.25) is 4.79 Å². The second-order valence-corrected chi connectivity index (χ2v) is 9.27. The molecule has 0 aliphatic rings. The van der Waals surface area contributed by atoms with Crippen LogP contribution in [0.2, 0.25) is 0 Å². The first-order chi connectivity index (χ1) is 16.9. The molecule has 1 aromatic heterocycles. The Labute approximate surface area is 211 Å². The average Bonchev–Trinajstić information content (AvgIpc) is 2.87. The van der Waals surface area contributed by atoms with Crippen LogP contribution >= 0.6 is 12.2 Å². The molecule has 35 heavy (non-hydrogen) atoms. The zero-order chi connectivity index (χ0) is 24.9. The van der Waals surface area contributed by atoms with Gasteiger partial charge in [0.1, 0.15) is 5.75 Å². The minimum atomic E-state index is -0.0927. The number of thiocarbonyl (C=S) groups is 1. The fourth-order valence-corrected chi connectivity index (χ4v) is 4.45. The van der Waals surface area contributed by atoms with Gasteiger partial charge in [-0.15, -0.1) is 0 Å². The summed E-state index contributed by atoms with van der Waals surface area (Å²) in [7, 11) is 1.65. The van der Waals surface area contributed by atoms with Crippen molar-refractivity contribution in [2.45, 2.75) is 39.9 Å². The Morgan fingerprint density at radius 2 is 1.74 bits per heavy atom. The molecule has 4 aromatic rings. The summed E-state index contributed by atoms with van der Waals surface area (Å²) in [6.45, 7) is 7.11. The van der Waals surface area contributed by atoms with Gasteiger partial charge in [0, 0.05) is 12.1 Å². The number of methoxy groups -OCH3 is 1. The van der Waals surface area contributed by atoms with Crippen LogP contribution in [-0.4, -0.2) is 22.1 Å². The molecule has 1 atom stereocenters. The second kappa shape index (κ2) is 10.7. The van der Waals surface area contributed by atoms with E-state index in [0.717, 1.165) is 38.9 Å². The molecule has 180 valence electrons. The van der Waals surface area contributed by atoms with Gasteiger partial charge in [0.15, 0.2) is 5.11 Å². The molecular formula is C29H31N3O2S. The van der Waals surface area contributed by atoms with E-state index < -0.39 is 0 Å². The SMILES string of the molecule is COc1ccc(CN(Cc2cc3ccc(C)c(C)c3[nH]c2=O)C(=S)N[C@@H](C)c2ccccc2)cc1. The summed E-state index contributed by atoms with van der Waals surface area (Å²) in [5, 5.41) is 5.06. The number of aromatic amines is 1. The number of nitrogens with zero attached hydrogens (tertiary/aromatic N) is 1. The lowest BCUT2D eigenvalue weighted by molar-refractivity contribution is 0.390. The van der Waals surface area contributed by atoms with Crippen LogP contribution in [0.5, 0.6) is 5.75 Å². The first-order valence-electron chi connectivity index (χ1n) is 11.7. The van der Waals surface area contributed by atoms with Gasteiger partial charge in [0.05, 0.1) is 25.2 Å². The second-order valence-electron chi connectivity index (χ2n) is 8.88. The minimum Gasteiger partial charge on any atom is -0.497 e. The maximum atomic E-state index is 13.1. The molecule has 1 heterocycles. The summed E-state index contributed by atoms with van der Waals surface area (Å²) in [4.78, 5) is 18.2. The number of benzene rings is 3. The Bertz CT molecular complexity index is 1380. The lowest BCUT2D eigenvalue weighted by atomic mass is 10.0. The number of fused-ring (bicyclic) bond motifs is 1. The summed E-state index contributed by atoms with van der Waals surface area (Å²) in [5.41, 5.74) is 5.94. The predicted octanol–water partition coefficient (Wildman–Crippen LogP) is 5.79. The van der Waals surface area contributed by atoms with Crippen LogP contribution in [0.3, 0.4) is 0 Å². The van der Waals surface area contributed by atoms with Crippen LogP contribution < -0.4 is 15.6 Å². The van der Waals surface area contributed by atoms with Crippen LogP contribution in [0.15, 0.2) is 77.6 Å². The van der Waals surface area contributed by atoms with Gasteiger partial charge in [-0.05, 0) is 78.8 Å². The Kier molecular flexibility index (Phi) is 7.51. The standard InChI is InChI=1S/C29H31N3O2S/c1-19-10-13-24-16-25(28(33)31-27(24)20(19)2)18-32(17-22-11-14-26(34-4)15-12-22)29(35)30-21(3)23-8-6-5-7-9-23/h5-16,21H,17-18H2,1-4H3,(H,30,35)(H,31,33)/t21-/m0/s1. The van der Waals surface area contributed by atoms with Crippen molar-refractivity contribution in [2.75, 3.05) is 7.11 Å². The highest BCUT2D eigenvalue weighted by Crippen LogP contribution is 2.21. The molecule has 2 N–H and O–H groups in total. The minimum absolute atomic E-state index is 0.0302. The third-order valence-electron chi connectivity index (χ3n) is 6.45. The van der Waals surface area contributed by atoms with Gasteiger partial charge in [-0.2, -0.15) is 0 Å². The molecule has 0 aliphatic carbocycles. The Morgan fingerprint density at radius 1 is 1.03 bits per heavy atom. The molecule has 5 nitrogen and oxygen atoms in total. The molecule has 0 saturated carbocycles. The molecule has 4 rings (SSSR count). The van der Waals surface area contributed by atoms with Crippen molar-refractivity contribution in [3.05, 3.63) is 111 Å². The highest BCUT2D eigenvalue weighted by Gasteiger charge is 2.17. The summed E-state index contributed by atoms with van der Waals surface area (Å²) >= 11 is 5.85. The van der Waals surface area contributed by atoms with E-state index in [2.05, 4.69) is 48.4 Å². The van der Waals surface area contributed by atoms with Crippen molar-refractivity contribution < 1.29 is 4.74 Å². The Hall–Kier alpha value is -3.64. The fraction of sp³-hybridized carbons (Fsp3) is 0.241. The maximum Gasteiger partial charge on any atom is 0.253 e. The van der Waals surface area contributed by atoms with Crippen LogP contribution in [0.4, 0.5) is 0 Å². The van der Waals surface area contributed by atoms with E-state index in [-0.39, 0.29) is 11.6 Å². The van der Waals surface area contributed by atoms with Gasteiger partial charge < -0.3 is 19.9 Å². The molecule has 0 amide bonds. The van der Waals surface area contributed by atoms with Crippen molar-refractivity contribution in [3.8, 4) is 5.75 Å². The molecule has 0 radical (unpaired) electrons. The number of H-pyrrole nitrogens is 1. The number of aromatic nitrogens is 1. The van der Waals surface area contributed by atoms with Gasteiger partial charge in [0.25, 0.3) is 5.56 Å². The highest BCUT2D eigenvalue weighted by molar-refractivity contribution is 7.80. The molecule has 3 aromatic carbocycles. The van der Waals surface area contributed by atoms with E-state index in [0.29, 0.717) is 23.8 Å². The third kappa shape index (κ3) is 5.72.